The molecule has 572 valence electrons. The van der Waals surface area contributed by atoms with Gasteiger partial charge in [-0.15, -0.1) is 5.06 Å². The molecule has 0 saturated carbocycles. The number of nitrogens with zero attached hydrogens (tertiary/aromatic N) is 3. The van der Waals surface area contributed by atoms with Crippen molar-refractivity contribution >= 4 is 137 Å². The van der Waals surface area contributed by atoms with E-state index < -0.39 is 195 Å². The van der Waals surface area contributed by atoms with Gasteiger partial charge in [0.15, 0.2) is 5.71 Å². The van der Waals surface area contributed by atoms with Crippen molar-refractivity contribution < 1.29 is 147 Å². The molecule has 2 amide bonds. The van der Waals surface area contributed by atoms with Crippen LogP contribution in [0.5, 0.6) is 11.5 Å². The van der Waals surface area contributed by atoms with E-state index >= 15 is 0 Å². The van der Waals surface area contributed by atoms with Crippen LogP contribution in [0, 0.1) is 11.8 Å². The van der Waals surface area contributed by atoms with Crippen molar-refractivity contribution in [3.05, 3.63) is 118 Å². The number of allylic oxidation sites excluding steroid dienone is 6. The SMILES string of the molecule is COCCC1(C)C(/C=C/C(C#Cc2c(OCCCS(=O)(=O)O)cc(C(=O)ON3C(=O)CCC3=O)cc2OCCCS(=O)(=O)O)=C/C=C2/N(CCCS(=O)(=O)O)c3ccc4c(S(=O)(=O)O)cc(S(=O)(=O)O)cc4c3C2(C)CCOC)=[N+](CCCS(=O)(=O)O)c2ccc3c(S(=O)(=O)O)cc(S(=O)(=O)O)cc3c21. The standard InChI is InChI=1S/C62H69N3O32S8/c1-61(21-27-93-3)54(63(23-5-29-98(69,70)71)48-15-13-43-46(58(48)61)35-41(102(81,82)83)37-52(43)104(87,88)89)17-10-39(9-12-45-50(95-25-7-31-100(75,76)77)33-40(34-51(45)96-26-8-32-101(78,79)80)60(68)97-65-56(66)19-20-57(65)67)11-18-55-62(2,22-28-94-4)59-47-36-42(103(84,85)86)38-53(105(90,91)92)44(47)14-16-49(59)64(55)24-6-30-99(72,73)74/h10-11,13-18,33-38H,5-8,19-32H2,1-4H3,(H7-,69,70,71,72,73,74,75,76,77,78,79,80,81,82,83,84,85,86,87,88,89,90,91,92)/p+1. The number of imide groups is 1. The van der Waals surface area contributed by atoms with Crippen LogP contribution in [-0.2, 0) is 116 Å². The first-order chi connectivity index (χ1) is 48.5. The minimum atomic E-state index is -5.34. The van der Waals surface area contributed by atoms with Gasteiger partial charge in [-0.05, 0) is 129 Å². The molecule has 0 aliphatic carbocycles. The molecule has 5 aromatic carbocycles. The Bertz CT molecular complexity index is 5490. The molecule has 35 nitrogen and oxygen atoms in total. The van der Waals surface area contributed by atoms with Gasteiger partial charge < -0.3 is 28.7 Å². The third kappa shape index (κ3) is 20.1. The first-order valence-electron chi connectivity index (χ1n) is 31.0. The molecule has 0 radical (unpaired) electrons. The average molecular weight is 1630 g/mol. The monoisotopic (exact) mass is 1620 g/mol. The lowest BCUT2D eigenvalue weighted by Crippen LogP contribution is -2.33. The summed E-state index contributed by atoms with van der Waals surface area (Å²) in [5.74, 6) is -1.97. The Morgan fingerprint density at radius 3 is 1.50 bits per heavy atom. The minimum Gasteiger partial charge on any atom is -0.492 e. The lowest BCUT2D eigenvalue weighted by atomic mass is 9.74. The Morgan fingerprint density at radius 2 is 1.03 bits per heavy atom. The van der Waals surface area contributed by atoms with Crippen molar-refractivity contribution in [3.8, 4) is 23.3 Å². The maximum absolute atomic E-state index is 14.0. The number of hydrogen-bond acceptors (Lipinski definition) is 25. The van der Waals surface area contributed by atoms with Gasteiger partial charge in [0, 0.05) is 104 Å². The number of anilines is 1. The highest BCUT2D eigenvalue weighted by Gasteiger charge is 2.50. The smallest absolute Gasteiger partial charge is 0.364 e. The van der Waals surface area contributed by atoms with Gasteiger partial charge in [-0.1, -0.05) is 17.9 Å². The van der Waals surface area contributed by atoms with Crippen LogP contribution in [0.25, 0.3) is 21.5 Å². The maximum atomic E-state index is 14.0. The molecular weight excluding hydrogens is 1560 g/mol. The number of carbonyl (C=O) groups is 3. The van der Waals surface area contributed by atoms with Gasteiger partial charge >= 0.3 is 5.97 Å². The fourth-order valence-corrected chi connectivity index (χ4v) is 17.1. The summed E-state index contributed by atoms with van der Waals surface area (Å²) in [6.07, 6.45) is 2.74. The highest BCUT2D eigenvalue weighted by atomic mass is 32.2. The third-order valence-corrected chi connectivity index (χ3v) is 23.8. The van der Waals surface area contributed by atoms with E-state index in [1.54, 1.807) is 13.8 Å². The van der Waals surface area contributed by atoms with Gasteiger partial charge in [0.05, 0.1) is 57.0 Å². The van der Waals surface area contributed by atoms with Crippen molar-refractivity contribution in [1.29, 1.82) is 0 Å². The van der Waals surface area contributed by atoms with Crippen LogP contribution in [-0.4, -0.2) is 214 Å². The number of hydroxylamine groups is 2. The fraction of sp³-hybridized carbons (Fsp3) is 0.387. The molecule has 2 unspecified atom stereocenters. The topological polar surface area (TPSA) is 542 Å². The van der Waals surface area contributed by atoms with Crippen LogP contribution in [0.4, 0.5) is 11.4 Å². The number of amides is 2. The summed E-state index contributed by atoms with van der Waals surface area (Å²) in [6.45, 7) is 0.878. The molecule has 0 aromatic heterocycles. The highest BCUT2D eigenvalue weighted by Crippen LogP contribution is 2.54. The number of methoxy groups -OCH3 is 2. The second kappa shape index (κ2) is 31.6. The lowest BCUT2D eigenvalue weighted by Gasteiger charge is -2.30. The van der Waals surface area contributed by atoms with Crippen LogP contribution < -0.4 is 14.4 Å². The molecular formula is C62H70N3O32S8+. The second-order valence-corrected chi connectivity index (χ2v) is 36.4. The molecule has 3 aliphatic heterocycles. The van der Waals surface area contributed by atoms with Crippen molar-refractivity contribution in [3.63, 3.8) is 0 Å². The van der Waals surface area contributed by atoms with E-state index in [0.29, 0.717) is 12.1 Å². The van der Waals surface area contributed by atoms with E-state index in [1.807, 2.05) is 0 Å². The summed E-state index contributed by atoms with van der Waals surface area (Å²) < 4.78 is 307. The van der Waals surface area contributed by atoms with Crippen LogP contribution >= 0.6 is 0 Å². The Morgan fingerprint density at radius 1 is 0.562 bits per heavy atom. The summed E-state index contributed by atoms with van der Waals surface area (Å²) in [4.78, 5) is 42.0. The largest absolute Gasteiger partial charge is 0.492 e. The van der Waals surface area contributed by atoms with E-state index in [0.717, 1.165) is 24.3 Å². The van der Waals surface area contributed by atoms with E-state index in [2.05, 4.69) is 11.8 Å². The summed E-state index contributed by atoms with van der Waals surface area (Å²) in [7, 11) is -37.4. The van der Waals surface area contributed by atoms with Crippen LogP contribution in [0.1, 0.15) is 92.3 Å². The van der Waals surface area contributed by atoms with Crippen LogP contribution in [0.3, 0.4) is 0 Å². The first kappa shape index (κ1) is 82.9. The maximum Gasteiger partial charge on any atom is 0.364 e. The minimum absolute atomic E-state index is 0.0843. The lowest BCUT2D eigenvalue weighted by molar-refractivity contribution is -0.437. The predicted molar refractivity (Wildman–Crippen MR) is 372 cm³/mol. The number of fused-ring (bicyclic) bond motifs is 6. The molecule has 5 aromatic rings. The number of carbonyl (C=O) groups excluding carboxylic acids is 3. The Hall–Kier alpha value is -7.72. The number of hydrogen-bond donors (Lipinski definition) is 8. The third-order valence-electron chi connectivity index (χ3n) is 17.1. The number of benzene rings is 5. The van der Waals surface area contributed by atoms with Gasteiger partial charge in [0.2, 0.25) is 5.69 Å². The zero-order valence-corrected chi connectivity index (χ0v) is 62.3. The first-order valence-corrected chi connectivity index (χ1v) is 43.2. The highest BCUT2D eigenvalue weighted by molar-refractivity contribution is 7.88. The predicted octanol–water partition coefficient (Wildman–Crippen LogP) is 4.70. The summed E-state index contributed by atoms with van der Waals surface area (Å²) >= 11 is 0. The Labute approximate surface area is 604 Å². The van der Waals surface area contributed by atoms with Gasteiger partial charge in [-0.25, -0.2) is 4.79 Å². The zero-order valence-electron chi connectivity index (χ0n) is 55.8. The molecule has 1 saturated heterocycles. The van der Waals surface area contributed by atoms with Crippen molar-refractivity contribution in [2.24, 2.45) is 0 Å². The second-order valence-electron chi connectivity index (χ2n) is 24.5. The molecule has 2 atom stereocenters. The van der Waals surface area contributed by atoms with E-state index in [9.17, 15) is 118 Å². The number of rotatable bonds is 33. The van der Waals surface area contributed by atoms with Crippen molar-refractivity contribution in [2.75, 3.05) is 81.6 Å². The van der Waals surface area contributed by atoms with Gasteiger partial charge in [0.1, 0.15) is 33.4 Å². The Balaban J connectivity index is 1.52. The van der Waals surface area contributed by atoms with Crippen molar-refractivity contribution in [1.82, 2.24) is 5.06 Å². The molecule has 3 heterocycles. The van der Waals surface area contributed by atoms with E-state index in [1.165, 1.54) is 72.3 Å². The quantitative estimate of drug-likeness (QED) is 0.00705. The van der Waals surface area contributed by atoms with Crippen LogP contribution in [0.2, 0.25) is 0 Å². The molecule has 3 aliphatic rings. The summed E-state index contributed by atoms with van der Waals surface area (Å²) in [5, 5.41) is -0.800. The van der Waals surface area contributed by atoms with Crippen LogP contribution in [0.15, 0.2) is 116 Å². The zero-order chi connectivity index (χ0) is 78.0. The molecule has 0 bridgehead atoms. The van der Waals surface area contributed by atoms with Gasteiger partial charge in [0.25, 0.3) is 92.8 Å². The van der Waals surface area contributed by atoms with Crippen molar-refractivity contribution in [2.45, 2.75) is 95.6 Å². The van der Waals surface area contributed by atoms with Gasteiger partial charge in [-0.2, -0.15) is 71.9 Å². The van der Waals surface area contributed by atoms with E-state index in [4.69, 9.17) is 23.8 Å². The molecule has 0 spiro atoms. The molecule has 1 fully saturated rings. The molecule has 105 heavy (non-hydrogen) atoms. The fourth-order valence-electron chi connectivity index (χ4n) is 12.4. The van der Waals surface area contributed by atoms with E-state index in [-0.39, 0.29) is 136 Å². The summed E-state index contributed by atoms with van der Waals surface area (Å²) in [5.41, 5.74) is -3.73. The molecule has 8 rings (SSSR count). The molecule has 43 heteroatoms. The number of ether oxygens (including phenoxy) is 4. The average Bonchev–Trinajstić information content (AvgIpc) is 1.60. The Kier molecular flexibility index (Phi) is 25.0. The van der Waals surface area contributed by atoms with Gasteiger partial charge in [-0.3, -0.25) is 46.0 Å². The molecule has 8 N–H and O–H groups in total. The summed E-state index contributed by atoms with van der Waals surface area (Å²) in [6, 6.07) is 9.86. The normalized spacial score (nSPS) is 18.2.